The molecule has 0 saturated carbocycles. The Morgan fingerprint density at radius 3 is 2.59 bits per heavy atom. The fourth-order valence-electron chi connectivity index (χ4n) is 4.07. The van der Waals surface area contributed by atoms with Gasteiger partial charge in [0, 0.05) is 45.3 Å². The van der Waals surface area contributed by atoms with Gasteiger partial charge in [0.15, 0.2) is 0 Å². The SMILES string of the molecule is CCN(CC)S(=O)(=O)N1CCCCC1c1nc2c(c(NC)n1)CCN(C)C2. The topological polar surface area (TPSA) is 81.7 Å². The van der Waals surface area contributed by atoms with Gasteiger partial charge in [0.1, 0.15) is 11.6 Å². The number of hydrogen-bond donors (Lipinski definition) is 1. The molecule has 3 heterocycles. The van der Waals surface area contributed by atoms with Crippen LogP contribution >= 0.6 is 0 Å². The van der Waals surface area contributed by atoms with Crippen molar-refractivity contribution in [2.45, 2.75) is 52.1 Å². The van der Waals surface area contributed by atoms with Crippen molar-refractivity contribution < 1.29 is 8.42 Å². The van der Waals surface area contributed by atoms with Gasteiger partial charge in [0.2, 0.25) is 0 Å². The maximum atomic E-state index is 13.2. The van der Waals surface area contributed by atoms with E-state index in [9.17, 15) is 8.42 Å². The molecule has 1 saturated heterocycles. The highest BCUT2D eigenvalue weighted by atomic mass is 32.2. The second kappa shape index (κ2) is 8.38. The predicted molar refractivity (Wildman–Crippen MR) is 107 cm³/mol. The molecule has 0 bridgehead atoms. The van der Waals surface area contributed by atoms with E-state index >= 15 is 0 Å². The Morgan fingerprint density at radius 2 is 1.93 bits per heavy atom. The molecule has 0 spiro atoms. The van der Waals surface area contributed by atoms with Crippen molar-refractivity contribution in [1.82, 2.24) is 23.5 Å². The lowest BCUT2D eigenvalue weighted by Gasteiger charge is -2.37. The lowest BCUT2D eigenvalue weighted by atomic mass is 10.0. The molecule has 0 amide bonds. The standard InChI is InChI=1S/C18H32N6O2S/c1-5-23(6-2)27(25,26)24-11-8-7-9-16(24)18-20-15-13-22(4)12-10-14(15)17(19-3)21-18/h16H,5-13H2,1-4H3,(H,19,20,21). The van der Waals surface area contributed by atoms with Gasteiger partial charge in [0.25, 0.3) is 10.2 Å². The Balaban J connectivity index is 2.01. The lowest BCUT2D eigenvalue weighted by Crippen LogP contribution is -2.47. The Kier molecular flexibility index (Phi) is 6.35. The summed E-state index contributed by atoms with van der Waals surface area (Å²) in [4.78, 5) is 11.9. The molecule has 1 aromatic heterocycles. The summed E-state index contributed by atoms with van der Waals surface area (Å²) in [5, 5.41) is 3.20. The van der Waals surface area contributed by atoms with Gasteiger partial charge in [-0.3, -0.25) is 0 Å². The van der Waals surface area contributed by atoms with E-state index in [4.69, 9.17) is 9.97 Å². The number of nitrogens with one attached hydrogen (secondary N) is 1. The molecular weight excluding hydrogens is 364 g/mol. The highest BCUT2D eigenvalue weighted by Crippen LogP contribution is 2.34. The highest BCUT2D eigenvalue weighted by Gasteiger charge is 2.38. The number of likely N-dealkylation sites (N-methyl/N-ethyl adjacent to an activating group) is 1. The van der Waals surface area contributed by atoms with Crippen LogP contribution < -0.4 is 5.32 Å². The smallest absolute Gasteiger partial charge is 0.282 e. The van der Waals surface area contributed by atoms with E-state index < -0.39 is 10.2 Å². The zero-order chi connectivity index (χ0) is 19.6. The molecule has 0 radical (unpaired) electrons. The molecule has 27 heavy (non-hydrogen) atoms. The minimum Gasteiger partial charge on any atom is -0.373 e. The van der Waals surface area contributed by atoms with Crippen molar-refractivity contribution in [3.05, 3.63) is 17.1 Å². The first-order valence-electron chi connectivity index (χ1n) is 9.95. The number of fused-ring (bicyclic) bond motifs is 1. The van der Waals surface area contributed by atoms with E-state index in [1.165, 1.54) is 4.31 Å². The van der Waals surface area contributed by atoms with Gasteiger partial charge in [-0.05, 0) is 26.3 Å². The molecule has 1 unspecified atom stereocenters. The number of hydrogen-bond acceptors (Lipinski definition) is 6. The van der Waals surface area contributed by atoms with Gasteiger partial charge in [-0.15, -0.1) is 0 Å². The summed E-state index contributed by atoms with van der Waals surface area (Å²) in [6.07, 6.45) is 3.54. The summed E-state index contributed by atoms with van der Waals surface area (Å²) in [7, 11) is 0.439. The third-order valence-electron chi connectivity index (χ3n) is 5.59. The van der Waals surface area contributed by atoms with Crippen LogP contribution in [0.15, 0.2) is 0 Å². The molecular formula is C18H32N6O2S. The second-order valence-corrected chi connectivity index (χ2v) is 9.19. The normalized spacial score (nSPS) is 22.0. The molecule has 2 aliphatic rings. The van der Waals surface area contributed by atoms with Crippen molar-refractivity contribution in [1.29, 1.82) is 0 Å². The molecule has 0 aromatic carbocycles. The van der Waals surface area contributed by atoms with E-state index in [2.05, 4.69) is 17.3 Å². The van der Waals surface area contributed by atoms with Crippen LogP contribution in [0.4, 0.5) is 5.82 Å². The zero-order valence-corrected chi connectivity index (χ0v) is 17.7. The molecule has 3 rings (SSSR count). The molecule has 1 fully saturated rings. The van der Waals surface area contributed by atoms with E-state index in [-0.39, 0.29) is 6.04 Å². The summed E-state index contributed by atoms with van der Waals surface area (Å²) in [6, 6.07) is -0.297. The minimum absolute atomic E-state index is 0.297. The van der Waals surface area contributed by atoms with Crippen molar-refractivity contribution in [2.75, 3.05) is 45.6 Å². The van der Waals surface area contributed by atoms with Crippen LogP contribution in [0.5, 0.6) is 0 Å². The van der Waals surface area contributed by atoms with Gasteiger partial charge in [-0.1, -0.05) is 20.3 Å². The maximum Gasteiger partial charge on any atom is 0.282 e. The quantitative estimate of drug-likeness (QED) is 0.787. The molecule has 9 heteroatoms. The molecule has 1 aromatic rings. The average Bonchev–Trinajstić information content (AvgIpc) is 2.67. The Labute approximate surface area is 163 Å². The molecule has 0 aliphatic carbocycles. The van der Waals surface area contributed by atoms with Crippen molar-refractivity contribution >= 4 is 16.0 Å². The first-order valence-corrected chi connectivity index (χ1v) is 11.3. The van der Waals surface area contributed by atoms with Crippen LogP contribution in [-0.2, 0) is 23.2 Å². The second-order valence-electron chi connectivity index (χ2n) is 7.31. The van der Waals surface area contributed by atoms with E-state index in [0.29, 0.717) is 25.5 Å². The summed E-state index contributed by atoms with van der Waals surface area (Å²) < 4.78 is 29.5. The van der Waals surface area contributed by atoms with Crippen LogP contribution in [0.1, 0.15) is 56.2 Å². The van der Waals surface area contributed by atoms with Crippen LogP contribution in [-0.4, -0.2) is 72.2 Å². The zero-order valence-electron chi connectivity index (χ0n) is 16.9. The van der Waals surface area contributed by atoms with Crippen LogP contribution in [0.25, 0.3) is 0 Å². The van der Waals surface area contributed by atoms with Gasteiger partial charge in [-0.2, -0.15) is 17.0 Å². The monoisotopic (exact) mass is 396 g/mol. The summed E-state index contributed by atoms with van der Waals surface area (Å²) >= 11 is 0. The third kappa shape index (κ3) is 3.96. The third-order valence-corrected chi connectivity index (χ3v) is 7.79. The predicted octanol–water partition coefficient (Wildman–Crippen LogP) is 1.62. The fraction of sp³-hybridized carbons (Fsp3) is 0.778. The number of anilines is 1. The molecule has 1 N–H and O–H groups in total. The summed E-state index contributed by atoms with van der Waals surface area (Å²) in [6.45, 7) is 6.98. The minimum atomic E-state index is -3.52. The molecule has 8 nitrogen and oxygen atoms in total. The van der Waals surface area contributed by atoms with Crippen molar-refractivity contribution in [3.8, 4) is 0 Å². The summed E-state index contributed by atoms with van der Waals surface area (Å²) in [5.74, 6) is 1.47. The van der Waals surface area contributed by atoms with Gasteiger partial charge < -0.3 is 10.2 Å². The molecule has 2 aliphatic heterocycles. The Bertz CT molecular complexity index is 765. The maximum absolute atomic E-state index is 13.2. The number of piperidine rings is 1. The van der Waals surface area contributed by atoms with Gasteiger partial charge in [0.05, 0.1) is 11.7 Å². The van der Waals surface area contributed by atoms with Crippen LogP contribution in [0.2, 0.25) is 0 Å². The van der Waals surface area contributed by atoms with Crippen molar-refractivity contribution in [2.24, 2.45) is 0 Å². The van der Waals surface area contributed by atoms with Crippen LogP contribution in [0, 0.1) is 0 Å². The van der Waals surface area contributed by atoms with E-state index in [0.717, 1.165) is 55.8 Å². The number of aromatic nitrogens is 2. The largest absolute Gasteiger partial charge is 0.373 e. The Morgan fingerprint density at radius 1 is 1.19 bits per heavy atom. The first-order chi connectivity index (χ1) is 12.9. The lowest BCUT2D eigenvalue weighted by molar-refractivity contribution is 0.226. The average molecular weight is 397 g/mol. The van der Waals surface area contributed by atoms with E-state index in [1.54, 1.807) is 4.31 Å². The van der Waals surface area contributed by atoms with Gasteiger partial charge >= 0.3 is 0 Å². The fourth-order valence-corrected chi connectivity index (χ4v) is 5.90. The van der Waals surface area contributed by atoms with E-state index in [1.807, 2.05) is 20.9 Å². The number of nitrogens with zero attached hydrogens (tertiary/aromatic N) is 5. The highest BCUT2D eigenvalue weighted by molar-refractivity contribution is 7.86. The molecule has 152 valence electrons. The van der Waals surface area contributed by atoms with Crippen molar-refractivity contribution in [3.63, 3.8) is 0 Å². The summed E-state index contributed by atoms with van der Waals surface area (Å²) in [5.41, 5.74) is 2.18. The van der Waals surface area contributed by atoms with Gasteiger partial charge in [-0.25, -0.2) is 9.97 Å². The number of rotatable bonds is 6. The van der Waals surface area contributed by atoms with Crippen LogP contribution in [0.3, 0.4) is 0 Å². The Hall–Kier alpha value is -1.29. The molecule has 1 atom stereocenters. The first kappa shape index (κ1) is 20.4.